The van der Waals surface area contributed by atoms with Gasteiger partial charge in [-0.25, -0.2) is 13.4 Å². The van der Waals surface area contributed by atoms with Gasteiger partial charge in [0.15, 0.2) is 0 Å². The van der Waals surface area contributed by atoms with E-state index in [0.29, 0.717) is 5.82 Å². The van der Waals surface area contributed by atoms with Crippen LogP contribution in [0.25, 0.3) is 0 Å². The number of rotatable bonds is 5. The molecule has 0 saturated heterocycles. The van der Waals surface area contributed by atoms with Gasteiger partial charge in [0.2, 0.25) is 15.9 Å². The van der Waals surface area contributed by atoms with Crippen molar-refractivity contribution in [2.45, 2.75) is 46.4 Å². The lowest BCUT2D eigenvalue weighted by atomic mass is 9.95. The number of hydrogen-bond donors (Lipinski definition) is 1. The van der Waals surface area contributed by atoms with Gasteiger partial charge in [0.25, 0.3) is 0 Å². The largest absolute Gasteiger partial charge is 0.310 e. The summed E-state index contributed by atoms with van der Waals surface area (Å²) in [6, 6.07) is 3.51. The Morgan fingerprint density at radius 1 is 0.963 bits per heavy atom. The Hall–Kier alpha value is -2.25. The highest BCUT2D eigenvalue weighted by atomic mass is 32.2. The predicted molar refractivity (Wildman–Crippen MR) is 108 cm³/mol. The molecule has 27 heavy (non-hydrogen) atoms. The molecular weight excluding hydrogens is 362 g/mol. The lowest BCUT2D eigenvalue weighted by Gasteiger charge is -2.23. The number of likely N-dealkylation sites (N-methyl/N-ethyl adjacent to an activating group) is 1. The van der Waals surface area contributed by atoms with E-state index in [2.05, 4.69) is 10.3 Å². The fourth-order valence-electron chi connectivity index (χ4n) is 3.02. The number of sulfonamides is 1. The maximum absolute atomic E-state index is 13.2. The number of nitrogens with one attached hydrogen (secondary N) is 1. The van der Waals surface area contributed by atoms with Gasteiger partial charge in [0, 0.05) is 13.2 Å². The topological polar surface area (TPSA) is 79.4 Å². The number of hydrogen-bond acceptors (Lipinski definition) is 4. The molecule has 0 aliphatic rings. The predicted octanol–water partition coefficient (Wildman–Crippen LogP) is 3.19. The quantitative estimate of drug-likeness (QED) is 0.852. The maximum Gasteiger partial charge on any atom is 0.243 e. The molecule has 0 unspecified atom stereocenters. The van der Waals surface area contributed by atoms with Crippen LogP contribution in [-0.2, 0) is 14.8 Å². The molecule has 0 fully saturated rings. The molecule has 2 rings (SSSR count). The molecule has 2 aromatic rings. The fourth-order valence-corrected chi connectivity index (χ4v) is 4.70. The molecule has 0 radical (unpaired) electrons. The van der Waals surface area contributed by atoms with Crippen LogP contribution in [0, 0.1) is 41.5 Å². The highest BCUT2D eigenvalue weighted by Gasteiger charge is 2.28. The van der Waals surface area contributed by atoms with E-state index in [1.807, 2.05) is 47.6 Å². The number of anilines is 1. The summed E-state index contributed by atoms with van der Waals surface area (Å²) in [5.74, 6) is -0.0425. The maximum atomic E-state index is 13.2. The van der Waals surface area contributed by atoms with Crippen LogP contribution < -0.4 is 5.32 Å². The minimum Gasteiger partial charge on any atom is -0.310 e. The van der Waals surface area contributed by atoms with Gasteiger partial charge in [-0.05, 0) is 81.0 Å². The van der Waals surface area contributed by atoms with E-state index in [0.717, 1.165) is 37.7 Å². The highest BCUT2D eigenvalue weighted by Crippen LogP contribution is 2.31. The second-order valence-electron chi connectivity index (χ2n) is 6.98. The van der Waals surface area contributed by atoms with Crippen LogP contribution in [0.5, 0.6) is 0 Å². The molecule has 1 aromatic carbocycles. The normalized spacial score (nSPS) is 11.7. The van der Waals surface area contributed by atoms with Gasteiger partial charge in [-0.15, -0.1) is 0 Å². The highest BCUT2D eigenvalue weighted by molar-refractivity contribution is 7.89. The zero-order valence-corrected chi connectivity index (χ0v) is 17.8. The van der Waals surface area contributed by atoms with E-state index in [4.69, 9.17) is 0 Å². The molecule has 1 N–H and O–H groups in total. The smallest absolute Gasteiger partial charge is 0.243 e. The molecule has 7 heteroatoms. The van der Waals surface area contributed by atoms with Crippen LogP contribution in [0.1, 0.15) is 33.4 Å². The van der Waals surface area contributed by atoms with Gasteiger partial charge < -0.3 is 5.32 Å². The Labute approximate surface area is 161 Å². The standard InChI is InChI=1S/C20H27N3O3S/c1-12-8-9-18(21-10-12)22-19(24)11-23(7)27(25,26)20-16(5)14(3)13(2)15(4)17(20)6/h8-10H,11H2,1-7H3,(H,21,22,24). The number of nitrogens with zero attached hydrogens (tertiary/aromatic N) is 2. The molecule has 1 amide bonds. The molecule has 0 bridgehead atoms. The first-order valence-corrected chi connectivity index (χ1v) is 10.2. The first kappa shape index (κ1) is 21.1. The Morgan fingerprint density at radius 2 is 1.48 bits per heavy atom. The van der Waals surface area contributed by atoms with Gasteiger partial charge in [-0.1, -0.05) is 6.07 Å². The van der Waals surface area contributed by atoms with Crippen molar-refractivity contribution in [1.29, 1.82) is 0 Å². The molecule has 146 valence electrons. The van der Waals surface area contributed by atoms with Crippen LogP contribution in [0.15, 0.2) is 23.2 Å². The lowest BCUT2D eigenvalue weighted by Crippen LogP contribution is -2.36. The van der Waals surface area contributed by atoms with Crippen LogP contribution in [-0.4, -0.2) is 37.2 Å². The molecule has 1 aromatic heterocycles. The second-order valence-corrected chi connectivity index (χ2v) is 8.97. The van der Waals surface area contributed by atoms with E-state index < -0.39 is 15.9 Å². The molecule has 6 nitrogen and oxygen atoms in total. The summed E-state index contributed by atoms with van der Waals surface area (Å²) < 4.78 is 27.4. The van der Waals surface area contributed by atoms with Gasteiger partial charge in [-0.2, -0.15) is 4.31 Å². The summed E-state index contributed by atoms with van der Waals surface area (Å²) in [5, 5.41) is 2.63. The third-order valence-corrected chi connectivity index (χ3v) is 7.22. The zero-order chi connectivity index (χ0) is 20.5. The number of pyridine rings is 1. The molecule has 0 atom stereocenters. The van der Waals surface area contributed by atoms with E-state index in [9.17, 15) is 13.2 Å². The van der Waals surface area contributed by atoms with Crippen molar-refractivity contribution < 1.29 is 13.2 Å². The van der Waals surface area contributed by atoms with Crippen LogP contribution >= 0.6 is 0 Å². The average molecular weight is 390 g/mol. The molecule has 0 spiro atoms. The molecule has 1 heterocycles. The minimum atomic E-state index is -3.80. The van der Waals surface area contributed by atoms with Crippen molar-refractivity contribution in [3.63, 3.8) is 0 Å². The number of amides is 1. The number of aryl methyl sites for hydroxylation is 1. The first-order chi connectivity index (χ1) is 12.5. The summed E-state index contributed by atoms with van der Waals surface area (Å²) in [5.41, 5.74) is 5.43. The minimum absolute atomic E-state index is 0.284. The van der Waals surface area contributed by atoms with Crippen molar-refractivity contribution in [3.8, 4) is 0 Å². The van der Waals surface area contributed by atoms with Crippen molar-refractivity contribution in [2.24, 2.45) is 0 Å². The Balaban J connectivity index is 2.29. The lowest BCUT2D eigenvalue weighted by molar-refractivity contribution is -0.116. The summed E-state index contributed by atoms with van der Waals surface area (Å²) in [4.78, 5) is 16.7. The molecular formula is C20H27N3O3S. The van der Waals surface area contributed by atoms with E-state index in [1.54, 1.807) is 12.3 Å². The van der Waals surface area contributed by atoms with Crippen LogP contribution in [0.3, 0.4) is 0 Å². The summed E-state index contributed by atoms with van der Waals surface area (Å²) >= 11 is 0. The zero-order valence-electron chi connectivity index (χ0n) is 17.0. The Bertz CT molecular complexity index is 952. The first-order valence-electron chi connectivity index (χ1n) is 8.72. The molecule has 0 aliphatic heterocycles. The van der Waals surface area contributed by atoms with Gasteiger partial charge in [0.1, 0.15) is 5.82 Å². The van der Waals surface area contributed by atoms with Crippen molar-refractivity contribution >= 4 is 21.7 Å². The van der Waals surface area contributed by atoms with E-state index in [-0.39, 0.29) is 11.4 Å². The summed E-state index contributed by atoms with van der Waals surface area (Å²) in [6.45, 7) is 11.1. The van der Waals surface area contributed by atoms with E-state index in [1.165, 1.54) is 7.05 Å². The van der Waals surface area contributed by atoms with Crippen LogP contribution in [0.4, 0.5) is 5.82 Å². The van der Waals surface area contributed by atoms with Crippen molar-refractivity contribution in [1.82, 2.24) is 9.29 Å². The summed E-state index contributed by atoms with van der Waals surface area (Å²) in [6.07, 6.45) is 1.64. The average Bonchev–Trinajstić information content (AvgIpc) is 2.60. The molecule has 0 saturated carbocycles. The van der Waals surface area contributed by atoms with Gasteiger partial charge in [-0.3, -0.25) is 4.79 Å². The number of carbonyl (C=O) groups excluding carboxylic acids is 1. The van der Waals surface area contributed by atoms with Gasteiger partial charge >= 0.3 is 0 Å². The number of carbonyl (C=O) groups is 1. The Kier molecular flexibility index (Phi) is 6.07. The van der Waals surface area contributed by atoms with Crippen molar-refractivity contribution in [2.75, 3.05) is 18.9 Å². The summed E-state index contributed by atoms with van der Waals surface area (Å²) in [7, 11) is -2.39. The number of aromatic nitrogens is 1. The second kappa shape index (κ2) is 7.78. The van der Waals surface area contributed by atoms with Gasteiger partial charge in [0.05, 0.1) is 11.4 Å². The Morgan fingerprint density at radius 3 is 1.96 bits per heavy atom. The van der Waals surface area contributed by atoms with Crippen LogP contribution in [0.2, 0.25) is 0 Å². The fraction of sp³-hybridized carbons (Fsp3) is 0.400. The third kappa shape index (κ3) is 4.20. The third-order valence-electron chi connectivity index (χ3n) is 5.14. The molecule has 0 aliphatic carbocycles. The SMILES string of the molecule is Cc1ccc(NC(=O)CN(C)S(=O)(=O)c2c(C)c(C)c(C)c(C)c2C)nc1. The number of benzene rings is 1. The monoisotopic (exact) mass is 389 g/mol. The van der Waals surface area contributed by atoms with E-state index >= 15 is 0 Å². The van der Waals surface area contributed by atoms with Crippen molar-refractivity contribution in [3.05, 3.63) is 51.7 Å².